The van der Waals surface area contributed by atoms with Crippen LogP contribution < -0.4 is 4.90 Å². The number of hydrogen-bond donors (Lipinski definition) is 1. The van der Waals surface area contributed by atoms with Crippen LogP contribution in [-0.4, -0.2) is 29.1 Å². The highest BCUT2D eigenvalue weighted by Gasteiger charge is 2.21. The van der Waals surface area contributed by atoms with Gasteiger partial charge in [-0.15, -0.1) is 0 Å². The lowest BCUT2D eigenvalue weighted by Crippen LogP contribution is -2.34. The van der Waals surface area contributed by atoms with Gasteiger partial charge in [-0.3, -0.25) is 4.79 Å². The second-order valence-electron chi connectivity index (χ2n) is 5.72. The molecule has 0 spiro atoms. The van der Waals surface area contributed by atoms with Crippen molar-refractivity contribution in [3.05, 3.63) is 36.5 Å². The van der Waals surface area contributed by atoms with Crippen molar-refractivity contribution in [2.24, 2.45) is 5.92 Å². The molecule has 0 amide bonds. The van der Waals surface area contributed by atoms with E-state index in [1.165, 1.54) is 10.8 Å². The predicted octanol–water partition coefficient (Wildman–Crippen LogP) is 3.32. The molecule has 1 saturated heterocycles. The summed E-state index contributed by atoms with van der Waals surface area (Å²) in [5.74, 6) is 0.908. The SMILES string of the molecule is O=C(O)CCC1CCN(c2nccc3ccccc23)CC1. The average molecular weight is 284 g/mol. The van der Waals surface area contributed by atoms with Crippen LogP contribution in [0, 0.1) is 5.92 Å². The van der Waals surface area contributed by atoms with Crippen LogP contribution in [0.3, 0.4) is 0 Å². The Bertz CT molecular complexity index is 628. The normalized spacial score (nSPS) is 16.3. The van der Waals surface area contributed by atoms with Gasteiger partial charge >= 0.3 is 5.97 Å². The van der Waals surface area contributed by atoms with Crippen LogP contribution in [0.5, 0.6) is 0 Å². The maximum absolute atomic E-state index is 10.7. The molecule has 0 unspecified atom stereocenters. The molecule has 1 fully saturated rings. The summed E-state index contributed by atoms with van der Waals surface area (Å²) in [6.07, 6.45) is 5.06. The summed E-state index contributed by atoms with van der Waals surface area (Å²) in [5, 5.41) is 11.2. The number of carbonyl (C=O) groups is 1. The van der Waals surface area contributed by atoms with Crippen LogP contribution in [0.1, 0.15) is 25.7 Å². The molecule has 1 aromatic carbocycles. The van der Waals surface area contributed by atoms with Gasteiger partial charge in [-0.1, -0.05) is 24.3 Å². The summed E-state index contributed by atoms with van der Waals surface area (Å²) >= 11 is 0. The molecule has 21 heavy (non-hydrogen) atoms. The van der Waals surface area contributed by atoms with Crippen LogP contribution >= 0.6 is 0 Å². The molecule has 4 nitrogen and oxygen atoms in total. The number of carboxylic acid groups (broad SMARTS) is 1. The smallest absolute Gasteiger partial charge is 0.303 e. The number of aromatic nitrogens is 1. The van der Waals surface area contributed by atoms with Gasteiger partial charge in [-0.05, 0) is 36.6 Å². The largest absolute Gasteiger partial charge is 0.481 e. The molecule has 0 radical (unpaired) electrons. The fourth-order valence-corrected chi connectivity index (χ4v) is 3.12. The van der Waals surface area contributed by atoms with E-state index in [1.54, 1.807) is 0 Å². The molecule has 0 saturated carbocycles. The number of carboxylic acids is 1. The number of aliphatic carboxylic acids is 1. The first-order valence-electron chi connectivity index (χ1n) is 7.54. The summed E-state index contributed by atoms with van der Waals surface area (Å²) < 4.78 is 0. The van der Waals surface area contributed by atoms with E-state index in [0.717, 1.165) is 38.2 Å². The highest BCUT2D eigenvalue weighted by molar-refractivity contribution is 5.92. The summed E-state index contributed by atoms with van der Waals surface area (Å²) in [5.41, 5.74) is 0. The van der Waals surface area contributed by atoms with Crippen LogP contribution in [0.4, 0.5) is 5.82 Å². The molecule has 1 aliphatic rings. The lowest BCUT2D eigenvalue weighted by molar-refractivity contribution is -0.137. The van der Waals surface area contributed by atoms with Crippen molar-refractivity contribution in [1.29, 1.82) is 0 Å². The lowest BCUT2D eigenvalue weighted by atomic mass is 9.92. The van der Waals surface area contributed by atoms with Crippen molar-refractivity contribution in [2.45, 2.75) is 25.7 Å². The number of piperidine rings is 1. The van der Waals surface area contributed by atoms with Gasteiger partial charge in [0.15, 0.2) is 0 Å². The van der Waals surface area contributed by atoms with Crippen molar-refractivity contribution in [3.8, 4) is 0 Å². The molecule has 2 heterocycles. The van der Waals surface area contributed by atoms with Crippen LogP contribution in [0.25, 0.3) is 10.8 Å². The fourth-order valence-electron chi connectivity index (χ4n) is 3.12. The second-order valence-corrected chi connectivity index (χ2v) is 5.72. The van der Waals surface area contributed by atoms with Gasteiger partial charge in [0.2, 0.25) is 0 Å². The third kappa shape index (κ3) is 3.15. The van der Waals surface area contributed by atoms with Crippen molar-refractivity contribution in [3.63, 3.8) is 0 Å². The van der Waals surface area contributed by atoms with Gasteiger partial charge in [0.05, 0.1) is 0 Å². The molecular weight excluding hydrogens is 264 g/mol. The Morgan fingerprint density at radius 1 is 1.24 bits per heavy atom. The minimum absolute atomic E-state index is 0.289. The number of nitrogens with zero attached hydrogens (tertiary/aromatic N) is 2. The Kier molecular flexibility index (Phi) is 4.04. The predicted molar refractivity (Wildman–Crippen MR) is 83.5 cm³/mol. The molecule has 1 aromatic heterocycles. The Morgan fingerprint density at radius 2 is 2.00 bits per heavy atom. The monoisotopic (exact) mass is 284 g/mol. The van der Waals surface area contributed by atoms with Crippen molar-refractivity contribution < 1.29 is 9.90 Å². The molecule has 2 aromatic rings. The first kappa shape index (κ1) is 13.9. The fraction of sp³-hybridized carbons (Fsp3) is 0.412. The first-order valence-corrected chi connectivity index (χ1v) is 7.54. The third-order valence-electron chi connectivity index (χ3n) is 4.33. The van der Waals surface area contributed by atoms with Gasteiger partial charge in [0.25, 0.3) is 0 Å². The highest BCUT2D eigenvalue weighted by Crippen LogP contribution is 2.29. The van der Waals surface area contributed by atoms with Crippen LogP contribution in [0.2, 0.25) is 0 Å². The molecule has 3 rings (SSSR count). The maximum atomic E-state index is 10.7. The molecule has 0 bridgehead atoms. The molecule has 110 valence electrons. The molecular formula is C17H20N2O2. The Morgan fingerprint density at radius 3 is 2.76 bits per heavy atom. The quantitative estimate of drug-likeness (QED) is 0.935. The first-order chi connectivity index (χ1) is 10.2. The molecule has 1 N–H and O–H groups in total. The number of fused-ring (bicyclic) bond motifs is 1. The number of anilines is 1. The number of hydrogen-bond acceptors (Lipinski definition) is 3. The summed E-state index contributed by atoms with van der Waals surface area (Å²) in [6.45, 7) is 1.93. The zero-order valence-electron chi connectivity index (χ0n) is 12.0. The highest BCUT2D eigenvalue weighted by atomic mass is 16.4. The van der Waals surface area contributed by atoms with E-state index >= 15 is 0 Å². The zero-order chi connectivity index (χ0) is 14.7. The zero-order valence-corrected chi connectivity index (χ0v) is 12.0. The minimum atomic E-state index is -0.687. The van der Waals surface area contributed by atoms with Gasteiger partial charge in [0.1, 0.15) is 5.82 Å². The van der Waals surface area contributed by atoms with Gasteiger partial charge < -0.3 is 10.0 Å². The van der Waals surface area contributed by atoms with E-state index < -0.39 is 5.97 Å². The summed E-state index contributed by atoms with van der Waals surface area (Å²) in [4.78, 5) is 17.5. The van der Waals surface area contributed by atoms with E-state index in [2.05, 4.69) is 22.0 Å². The van der Waals surface area contributed by atoms with Crippen LogP contribution in [0.15, 0.2) is 36.5 Å². The summed E-state index contributed by atoms with van der Waals surface area (Å²) in [6, 6.07) is 10.4. The van der Waals surface area contributed by atoms with E-state index in [-0.39, 0.29) is 6.42 Å². The lowest BCUT2D eigenvalue weighted by Gasteiger charge is -2.33. The van der Waals surface area contributed by atoms with Gasteiger partial charge in [-0.25, -0.2) is 4.98 Å². The maximum Gasteiger partial charge on any atom is 0.303 e. The standard InChI is InChI=1S/C17H20N2O2/c20-16(21)6-5-13-8-11-19(12-9-13)17-15-4-2-1-3-14(15)7-10-18-17/h1-4,7,10,13H,5-6,8-9,11-12H2,(H,20,21). The van der Waals surface area contributed by atoms with Crippen molar-refractivity contribution in [2.75, 3.05) is 18.0 Å². The number of benzene rings is 1. The molecule has 4 heteroatoms. The Labute approximate surface area is 124 Å². The molecule has 0 atom stereocenters. The molecule has 1 aliphatic heterocycles. The second kappa shape index (κ2) is 6.12. The van der Waals surface area contributed by atoms with E-state index in [4.69, 9.17) is 5.11 Å². The average Bonchev–Trinajstić information content (AvgIpc) is 2.53. The Balaban J connectivity index is 1.70. The molecule has 0 aliphatic carbocycles. The van der Waals surface area contributed by atoms with E-state index in [0.29, 0.717) is 5.92 Å². The number of rotatable bonds is 4. The number of pyridine rings is 1. The van der Waals surface area contributed by atoms with Crippen LogP contribution in [-0.2, 0) is 4.79 Å². The third-order valence-corrected chi connectivity index (χ3v) is 4.33. The van der Waals surface area contributed by atoms with Gasteiger partial charge in [0, 0.05) is 31.1 Å². The van der Waals surface area contributed by atoms with Crippen molar-refractivity contribution >= 4 is 22.6 Å². The van der Waals surface area contributed by atoms with E-state index in [1.807, 2.05) is 24.4 Å². The van der Waals surface area contributed by atoms with Gasteiger partial charge in [-0.2, -0.15) is 0 Å². The van der Waals surface area contributed by atoms with E-state index in [9.17, 15) is 4.79 Å². The Hall–Kier alpha value is -2.10. The summed E-state index contributed by atoms with van der Waals surface area (Å²) in [7, 11) is 0. The van der Waals surface area contributed by atoms with Crippen molar-refractivity contribution in [1.82, 2.24) is 4.98 Å². The minimum Gasteiger partial charge on any atom is -0.481 e. The topological polar surface area (TPSA) is 53.4 Å².